The molecule has 1 rings (SSSR count). The molecule has 0 spiro atoms. The van der Waals surface area contributed by atoms with E-state index < -0.39 is 0 Å². The minimum atomic E-state index is 0.551. The van der Waals surface area contributed by atoms with Gasteiger partial charge in [0.1, 0.15) is 5.76 Å². The Kier molecular flexibility index (Phi) is 18.7. The molecule has 0 aromatic rings. The van der Waals surface area contributed by atoms with Crippen molar-refractivity contribution in [3.05, 3.63) is 35.1 Å². The summed E-state index contributed by atoms with van der Waals surface area (Å²) in [7, 11) is 0. The number of allylic oxidation sites excluding steroid dienone is 4. The highest BCUT2D eigenvalue weighted by Gasteiger charge is 2.17. The predicted octanol–water partition coefficient (Wildman–Crippen LogP) is 11.3. The Hall–Kier alpha value is -0.980. The highest BCUT2D eigenvalue weighted by atomic mass is 16.3. The Morgan fingerprint density at radius 3 is 1.31 bits per heavy atom. The van der Waals surface area contributed by atoms with Gasteiger partial charge >= 0.3 is 0 Å². The summed E-state index contributed by atoms with van der Waals surface area (Å²) >= 11 is 0. The average Bonchev–Trinajstić information content (AvgIpc) is 2.79. The third-order valence-corrected chi connectivity index (χ3v) is 7.20. The van der Waals surface area contributed by atoms with Crippen LogP contribution in [-0.4, -0.2) is 5.11 Å². The minimum Gasteiger partial charge on any atom is -0.508 e. The summed E-state index contributed by atoms with van der Waals surface area (Å²) < 4.78 is 0. The quantitative estimate of drug-likeness (QED) is 0.165. The Morgan fingerprint density at radius 2 is 0.906 bits per heavy atom. The largest absolute Gasteiger partial charge is 0.508 e. The number of hydrogen-bond donors (Lipinski definition) is 1. The van der Waals surface area contributed by atoms with Crippen LogP contribution in [0.3, 0.4) is 0 Å². The molecule has 0 aromatic carbocycles. The van der Waals surface area contributed by atoms with Crippen LogP contribution in [0.1, 0.15) is 162 Å². The van der Waals surface area contributed by atoms with Gasteiger partial charge in [0.25, 0.3) is 0 Å². The van der Waals surface area contributed by atoms with Gasteiger partial charge in [0.05, 0.1) is 0 Å². The highest BCUT2D eigenvalue weighted by molar-refractivity contribution is 5.46. The Balaban J connectivity index is 2.20. The van der Waals surface area contributed by atoms with Crippen molar-refractivity contribution in [3.8, 4) is 0 Å². The topological polar surface area (TPSA) is 20.2 Å². The zero-order valence-electron chi connectivity index (χ0n) is 22.0. The Morgan fingerprint density at radius 1 is 0.562 bits per heavy atom. The van der Waals surface area contributed by atoms with E-state index in [4.69, 9.17) is 0 Å². The SMILES string of the molecule is C=C1CC=C(O)C(CCCCCCCCCCCC)=C1CCCCCCCCCCCC. The third-order valence-electron chi connectivity index (χ3n) is 7.20. The molecule has 1 aliphatic rings. The fourth-order valence-corrected chi connectivity index (χ4v) is 5.02. The summed E-state index contributed by atoms with van der Waals surface area (Å²) in [6.07, 6.45) is 32.3. The molecular formula is C31H56O. The van der Waals surface area contributed by atoms with E-state index in [2.05, 4.69) is 20.4 Å². The molecule has 0 bridgehead atoms. The molecule has 0 saturated carbocycles. The minimum absolute atomic E-state index is 0.551. The normalized spacial score (nSPS) is 14.3. The molecule has 32 heavy (non-hydrogen) atoms. The van der Waals surface area contributed by atoms with Gasteiger partial charge in [0.2, 0.25) is 0 Å². The number of unbranched alkanes of at least 4 members (excludes halogenated alkanes) is 18. The van der Waals surface area contributed by atoms with Crippen molar-refractivity contribution in [3.63, 3.8) is 0 Å². The lowest BCUT2D eigenvalue weighted by Gasteiger charge is -2.21. The van der Waals surface area contributed by atoms with Crippen LogP contribution < -0.4 is 0 Å². The lowest BCUT2D eigenvalue weighted by molar-refractivity contribution is 0.410. The van der Waals surface area contributed by atoms with Crippen molar-refractivity contribution in [2.45, 2.75) is 162 Å². The van der Waals surface area contributed by atoms with Crippen LogP contribution >= 0.6 is 0 Å². The summed E-state index contributed by atoms with van der Waals surface area (Å²) in [5.74, 6) is 0.551. The van der Waals surface area contributed by atoms with Gasteiger partial charge in [-0.05, 0) is 54.9 Å². The zero-order valence-corrected chi connectivity index (χ0v) is 22.0. The second-order valence-corrected chi connectivity index (χ2v) is 10.2. The van der Waals surface area contributed by atoms with E-state index in [-0.39, 0.29) is 0 Å². The van der Waals surface area contributed by atoms with Crippen molar-refractivity contribution < 1.29 is 5.11 Å². The van der Waals surface area contributed by atoms with Crippen molar-refractivity contribution >= 4 is 0 Å². The smallest absolute Gasteiger partial charge is 0.115 e. The van der Waals surface area contributed by atoms with Crippen LogP contribution in [0.2, 0.25) is 0 Å². The van der Waals surface area contributed by atoms with Gasteiger partial charge in [0.15, 0.2) is 0 Å². The van der Waals surface area contributed by atoms with Crippen LogP contribution in [0, 0.1) is 0 Å². The molecule has 0 amide bonds. The summed E-state index contributed by atoms with van der Waals surface area (Å²) in [4.78, 5) is 0. The van der Waals surface area contributed by atoms with Gasteiger partial charge in [-0.2, -0.15) is 0 Å². The van der Waals surface area contributed by atoms with Crippen LogP contribution in [-0.2, 0) is 0 Å². The highest BCUT2D eigenvalue weighted by Crippen LogP contribution is 2.34. The van der Waals surface area contributed by atoms with Gasteiger partial charge < -0.3 is 5.11 Å². The molecule has 1 nitrogen and oxygen atoms in total. The molecule has 0 radical (unpaired) electrons. The lowest BCUT2D eigenvalue weighted by Crippen LogP contribution is -2.04. The Bertz CT molecular complexity index is 499. The van der Waals surface area contributed by atoms with E-state index in [1.807, 2.05) is 6.08 Å². The molecule has 186 valence electrons. The van der Waals surface area contributed by atoms with E-state index in [1.54, 1.807) is 0 Å². The van der Waals surface area contributed by atoms with Crippen LogP contribution in [0.4, 0.5) is 0 Å². The monoisotopic (exact) mass is 444 g/mol. The number of rotatable bonds is 22. The van der Waals surface area contributed by atoms with Gasteiger partial charge in [-0.25, -0.2) is 0 Å². The van der Waals surface area contributed by atoms with E-state index in [0.29, 0.717) is 5.76 Å². The van der Waals surface area contributed by atoms with Gasteiger partial charge in [-0.15, -0.1) is 0 Å². The first kappa shape index (κ1) is 29.1. The zero-order chi connectivity index (χ0) is 23.3. The molecular weight excluding hydrogens is 388 g/mol. The van der Waals surface area contributed by atoms with Gasteiger partial charge in [-0.1, -0.05) is 136 Å². The van der Waals surface area contributed by atoms with Crippen molar-refractivity contribution in [2.24, 2.45) is 0 Å². The fraction of sp³-hybridized carbons (Fsp3) is 0.806. The maximum absolute atomic E-state index is 10.5. The Labute approximate surface area is 201 Å². The maximum Gasteiger partial charge on any atom is 0.115 e. The first-order valence-electron chi connectivity index (χ1n) is 14.5. The summed E-state index contributed by atoms with van der Waals surface area (Å²) in [6, 6.07) is 0. The van der Waals surface area contributed by atoms with Crippen LogP contribution in [0.15, 0.2) is 35.1 Å². The average molecular weight is 445 g/mol. The van der Waals surface area contributed by atoms with Gasteiger partial charge in [-0.3, -0.25) is 0 Å². The molecule has 0 unspecified atom stereocenters. The lowest BCUT2D eigenvalue weighted by atomic mass is 9.86. The van der Waals surface area contributed by atoms with E-state index in [0.717, 1.165) is 19.3 Å². The number of aliphatic hydroxyl groups is 1. The molecule has 0 atom stereocenters. The first-order chi connectivity index (χ1) is 15.7. The predicted molar refractivity (Wildman–Crippen MR) is 144 cm³/mol. The number of aliphatic hydroxyl groups excluding tert-OH is 1. The standard InChI is InChI=1S/C31H56O/c1-4-6-8-10-12-14-16-18-20-22-24-29-28(3)26-27-31(32)30(29)25-23-21-19-17-15-13-11-9-7-5-2/h27,32H,3-26H2,1-2H3. The fourth-order valence-electron chi connectivity index (χ4n) is 5.02. The summed E-state index contributed by atoms with van der Waals surface area (Å²) in [6.45, 7) is 8.90. The molecule has 0 fully saturated rings. The summed E-state index contributed by atoms with van der Waals surface area (Å²) in [5.41, 5.74) is 3.86. The second kappa shape index (κ2) is 20.6. The van der Waals surface area contributed by atoms with Crippen molar-refractivity contribution in [1.29, 1.82) is 0 Å². The van der Waals surface area contributed by atoms with E-state index >= 15 is 0 Å². The van der Waals surface area contributed by atoms with Crippen molar-refractivity contribution in [1.82, 2.24) is 0 Å². The van der Waals surface area contributed by atoms with Crippen LogP contribution in [0.5, 0.6) is 0 Å². The molecule has 1 aliphatic carbocycles. The van der Waals surface area contributed by atoms with Gasteiger partial charge in [0, 0.05) is 0 Å². The molecule has 0 saturated heterocycles. The van der Waals surface area contributed by atoms with E-state index in [9.17, 15) is 5.11 Å². The summed E-state index contributed by atoms with van der Waals surface area (Å²) in [5, 5.41) is 10.5. The third kappa shape index (κ3) is 14.2. The molecule has 1 N–H and O–H groups in total. The molecule has 0 aromatic heterocycles. The molecule has 1 heteroatoms. The second-order valence-electron chi connectivity index (χ2n) is 10.2. The number of hydrogen-bond acceptors (Lipinski definition) is 1. The first-order valence-corrected chi connectivity index (χ1v) is 14.5. The van der Waals surface area contributed by atoms with Crippen molar-refractivity contribution in [2.75, 3.05) is 0 Å². The van der Waals surface area contributed by atoms with Crippen LogP contribution in [0.25, 0.3) is 0 Å². The van der Waals surface area contributed by atoms with E-state index in [1.165, 1.54) is 145 Å². The molecule has 0 aliphatic heterocycles. The molecule has 0 heterocycles. The maximum atomic E-state index is 10.5.